The molecule has 6 heteroatoms. The highest BCUT2D eigenvalue weighted by Crippen LogP contribution is 2.28. The van der Waals surface area contributed by atoms with Gasteiger partial charge in [-0.05, 0) is 56.0 Å². The number of pyridine rings is 1. The number of rotatable bonds is 4. The van der Waals surface area contributed by atoms with Crippen molar-refractivity contribution in [2.24, 2.45) is 0 Å². The molecule has 3 aromatic heterocycles. The van der Waals surface area contributed by atoms with Crippen LogP contribution < -0.4 is 0 Å². The zero-order valence-electron chi connectivity index (χ0n) is 14.9. The molecule has 1 aliphatic heterocycles. The Bertz CT molecular complexity index is 871. The van der Waals surface area contributed by atoms with Crippen LogP contribution in [0.15, 0.2) is 30.9 Å². The molecular weight excluding hydrogens is 312 g/mol. The third-order valence-electron chi connectivity index (χ3n) is 5.11. The van der Waals surface area contributed by atoms with Crippen molar-refractivity contribution in [3.05, 3.63) is 53.4 Å². The summed E-state index contributed by atoms with van der Waals surface area (Å²) in [5.41, 5.74) is 4.99. The summed E-state index contributed by atoms with van der Waals surface area (Å²) < 4.78 is 1.91. The van der Waals surface area contributed by atoms with E-state index >= 15 is 0 Å². The van der Waals surface area contributed by atoms with Crippen molar-refractivity contribution in [1.29, 1.82) is 0 Å². The fourth-order valence-electron chi connectivity index (χ4n) is 3.86. The molecule has 6 nitrogen and oxygen atoms in total. The fraction of sp³-hybridized carbons (Fsp3) is 0.474. The quantitative estimate of drug-likeness (QED) is 0.733. The Kier molecular flexibility index (Phi) is 4.44. The Morgan fingerprint density at radius 1 is 1.28 bits per heavy atom. The van der Waals surface area contributed by atoms with E-state index in [4.69, 9.17) is 0 Å². The molecule has 0 amide bonds. The standard InChI is InChI=1S/C19H24N6/c1-3-15-10-20-7-6-16(15)11-24-8-4-5-17(12-24)18-9-14(2)23-19-21-13-22-25(18)19/h6-7,9-10,13,17H,3-5,8,11-12H2,1-2H3. The molecule has 0 spiro atoms. The Morgan fingerprint density at radius 3 is 3.08 bits per heavy atom. The van der Waals surface area contributed by atoms with Gasteiger partial charge in [-0.15, -0.1) is 0 Å². The van der Waals surface area contributed by atoms with Crippen LogP contribution in [0, 0.1) is 6.92 Å². The van der Waals surface area contributed by atoms with Gasteiger partial charge in [0.05, 0.1) is 5.69 Å². The van der Waals surface area contributed by atoms with Crippen LogP contribution in [0.5, 0.6) is 0 Å². The van der Waals surface area contributed by atoms with E-state index in [0.717, 1.165) is 31.7 Å². The van der Waals surface area contributed by atoms with Crippen molar-refractivity contribution in [2.75, 3.05) is 13.1 Å². The van der Waals surface area contributed by atoms with Crippen LogP contribution >= 0.6 is 0 Å². The van der Waals surface area contributed by atoms with Gasteiger partial charge in [-0.2, -0.15) is 10.1 Å². The average Bonchev–Trinajstić information content (AvgIpc) is 3.10. The zero-order valence-corrected chi connectivity index (χ0v) is 14.9. The molecule has 1 atom stereocenters. The van der Waals surface area contributed by atoms with Crippen LogP contribution in [-0.2, 0) is 13.0 Å². The highest BCUT2D eigenvalue weighted by atomic mass is 15.3. The minimum atomic E-state index is 0.464. The predicted octanol–water partition coefficient (Wildman–Crippen LogP) is 2.77. The predicted molar refractivity (Wildman–Crippen MR) is 96.4 cm³/mol. The maximum absolute atomic E-state index is 4.47. The summed E-state index contributed by atoms with van der Waals surface area (Å²) >= 11 is 0. The SMILES string of the molecule is CCc1cnccc1CN1CCCC(c2cc(C)nc3ncnn23)C1. The summed E-state index contributed by atoms with van der Waals surface area (Å²) in [4.78, 5) is 15.6. The van der Waals surface area contributed by atoms with Gasteiger partial charge in [0, 0.05) is 37.1 Å². The second kappa shape index (κ2) is 6.88. The van der Waals surface area contributed by atoms with Gasteiger partial charge >= 0.3 is 0 Å². The number of likely N-dealkylation sites (tertiary alicyclic amines) is 1. The molecule has 0 N–H and O–H groups in total. The van der Waals surface area contributed by atoms with Crippen LogP contribution in [0.2, 0.25) is 0 Å². The maximum Gasteiger partial charge on any atom is 0.252 e. The van der Waals surface area contributed by atoms with Gasteiger partial charge in [-0.1, -0.05) is 6.92 Å². The van der Waals surface area contributed by atoms with Crippen molar-refractivity contribution in [2.45, 2.75) is 45.6 Å². The number of piperidine rings is 1. The van der Waals surface area contributed by atoms with Gasteiger partial charge in [0.2, 0.25) is 0 Å². The first-order valence-corrected chi connectivity index (χ1v) is 9.06. The number of fused-ring (bicyclic) bond motifs is 1. The smallest absolute Gasteiger partial charge is 0.252 e. The largest absolute Gasteiger partial charge is 0.298 e. The molecular formula is C19H24N6. The number of nitrogens with zero attached hydrogens (tertiary/aromatic N) is 6. The van der Waals surface area contributed by atoms with Crippen LogP contribution in [-0.4, -0.2) is 42.6 Å². The molecule has 1 unspecified atom stereocenters. The van der Waals surface area contributed by atoms with Gasteiger partial charge in [-0.3, -0.25) is 9.88 Å². The van der Waals surface area contributed by atoms with E-state index in [1.807, 2.05) is 23.8 Å². The molecule has 1 fully saturated rings. The van der Waals surface area contributed by atoms with Crippen LogP contribution in [0.3, 0.4) is 0 Å². The van der Waals surface area contributed by atoms with E-state index in [9.17, 15) is 0 Å². The summed E-state index contributed by atoms with van der Waals surface area (Å²) in [5, 5.41) is 4.39. The first-order chi connectivity index (χ1) is 12.2. The summed E-state index contributed by atoms with van der Waals surface area (Å²) in [6.07, 6.45) is 8.92. The van der Waals surface area contributed by atoms with Gasteiger partial charge in [0.15, 0.2) is 0 Å². The fourth-order valence-corrected chi connectivity index (χ4v) is 3.86. The van der Waals surface area contributed by atoms with E-state index in [1.165, 1.54) is 29.7 Å². The van der Waals surface area contributed by atoms with E-state index in [2.05, 4.69) is 44.0 Å². The first-order valence-electron chi connectivity index (χ1n) is 9.06. The molecule has 25 heavy (non-hydrogen) atoms. The van der Waals surface area contributed by atoms with Crippen LogP contribution in [0.4, 0.5) is 0 Å². The van der Waals surface area contributed by atoms with E-state index in [0.29, 0.717) is 11.7 Å². The lowest BCUT2D eigenvalue weighted by Gasteiger charge is -2.33. The van der Waals surface area contributed by atoms with E-state index < -0.39 is 0 Å². The zero-order chi connectivity index (χ0) is 17.2. The monoisotopic (exact) mass is 336 g/mol. The summed E-state index contributed by atoms with van der Waals surface area (Å²) in [6, 6.07) is 4.33. The second-order valence-corrected chi connectivity index (χ2v) is 6.87. The molecule has 0 bridgehead atoms. The minimum Gasteiger partial charge on any atom is -0.298 e. The lowest BCUT2D eigenvalue weighted by atomic mass is 9.93. The molecule has 4 rings (SSSR count). The lowest BCUT2D eigenvalue weighted by molar-refractivity contribution is 0.197. The minimum absolute atomic E-state index is 0.464. The topological polar surface area (TPSA) is 59.2 Å². The molecule has 1 saturated heterocycles. The lowest BCUT2D eigenvalue weighted by Crippen LogP contribution is -2.35. The van der Waals surface area contributed by atoms with Crippen molar-refractivity contribution < 1.29 is 0 Å². The molecule has 3 aromatic rings. The van der Waals surface area contributed by atoms with Crippen molar-refractivity contribution >= 4 is 5.78 Å². The second-order valence-electron chi connectivity index (χ2n) is 6.87. The van der Waals surface area contributed by atoms with Crippen molar-refractivity contribution in [3.63, 3.8) is 0 Å². The van der Waals surface area contributed by atoms with Gasteiger partial charge in [0.25, 0.3) is 5.78 Å². The molecule has 0 aromatic carbocycles. The third kappa shape index (κ3) is 3.26. The molecule has 0 saturated carbocycles. The highest BCUT2D eigenvalue weighted by Gasteiger charge is 2.24. The van der Waals surface area contributed by atoms with E-state index in [-0.39, 0.29) is 0 Å². The van der Waals surface area contributed by atoms with E-state index in [1.54, 1.807) is 6.33 Å². The van der Waals surface area contributed by atoms with Gasteiger partial charge in [0.1, 0.15) is 6.33 Å². The highest BCUT2D eigenvalue weighted by molar-refractivity contribution is 5.32. The molecule has 4 heterocycles. The first kappa shape index (κ1) is 16.1. The van der Waals surface area contributed by atoms with Gasteiger partial charge in [-0.25, -0.2) is 9.50 Å². The maximum atomic E-state index is 4.47. The molecule has 0 aliphatic carbocycles. The average molecular weight is 336 g/mol. The van der Waals surface area contributed by atoms with Crippen molar-refractivity contribution in [3.8, 4) is 0 Å². The normalized spacial score (nSPS) is 18.7. The number of aryl methyl sites for hydroxylation is 2. The number of hydrogen-bond donors (Lipinski definition) is 0. The molecule has 0 radical (unpaired) electrons. The van der Waals surface area contributed by atoms with Crippen LogP contribution in [0.1, 0.15) is 48.2 Å². The Morgan fingerprint density at radius 2 is 2.20 bits per heavy atom. The Labute approximate surface area is 147 Å². The number of hydrogen-bond acceptors (Lipinski definition) is 5. The van der Waals surface area contributed by atoms with Gasteiger partial charge < -0.3 is 0 Å². The van der Waals surface area contributed by atoms with Crippen LogP contribution in [0.25, 0.3) is 5.78 Å². The Balaban J connectivity index is 1.57. The summed E-state index contributed by atoms with van der Waals surface area (Å²) in [7, 11) is 0. The molecule has 1 aliphatic rings. The Hall–Kier alpha value is -2.34. The summed E-state index contributed by atoms with van der Waals surface area (Å²) in [6.45, 7) is 7.41. The summed E-state index contributed by atoms with van der Waals surface area (Å²) in [5.74, 6) is 1.17. The molecule has 130 valence electrons. The number of aromatic nitrogens is 5. The van der Waals surface area contributed by atoms with Crippen molar-refractivity contribution in [1.82, 2.24) is 29.5 Å². The third-order valence-corrected chi connectivity index (χ3v) is 5.11.